The van der Waals surface area contributed by atoms with E-state index in [4.69, 9.17) is 19.2 Å². The Labute approximate surface area is 242 Å². The van der Waals surface area contributed by atoms with Gasteiger partial charge in [-0.3, -0.25) is 9.78 Å². The molecule has 10 heteroatoms. The van der Waals surface area contributed by atoms with E-state index in [1.165, 1.54) is 11.8 Å². The average molecular weight is 571 g/mol. The number of fused-ring (bicyclic) bond motifs is 1. The van der Waals surface area contributed by atoms with Crippen LogP contribution >= 0.6 is 11.8 Å². The number of aliphatic imine (C=N–C) groups is 1. The Morgan fingerprint density at radius 3 is 2.59 bits per heavy atom. The third-order valence-corrected chi connectivity index (χ3v) is 7.53. The van der Waals surface area contributed by atoms with Gasteiger partial charge in [-0.2, -0.15) is 0 Å². The van der Waals surface area contributed by atoms with Crippen molar-refractivity contribution in [2.75, 3.05) is 20.8 Å². The highest BCUT2D eigenvalue weighted by Gasteiger charge is 2.43. The van der Waals surface area contributed by atoms with Crippen LogP contribution in [0.2, 0.25) is 0 Å². The summed E-state index contributed by atoms with van der Waals surface area (Å²) in [6.07, 6.45) is 3.49. The number of nitrogens with zero attached hydrogens (tertiary/aromatic N) is 3. The van der Waals surface area contributed by atoms with Gasteiger partial charge in [-0.15, -0.1) is 0 Å². The summed E-state index contributed by atoms with van der Waals surface area (Å²) in [4.78, 5) is 37.8. The number of carbonyl (C=O) groups excluding carboxylic acids is 2. The predicted octanol–water partition coefficient (Wildman–Crippen LogP) is 5.08. The van der Waals surface area contributed by atoms with Crippen molar-refractivity contribution >= 4 is 34.5 Å². The molecular formula is C31H30N4O5S. The molecule has 3 heterocycles. The lowest BCUT2D eigenvalue weighted by atomic mass is 9.90. The van der Waals surface area contributed by atoms with Gasteiger partial charge in [0.1, 0.15) is 11.5 Å². The van der Waals surface area contributed by atoms with Crippen molar-refractivity contribution in [3.63, 3.8) is 0 Å². The number of benzene rings is 2. The van der Waals surface area contributed by atoms with Crippen LogP contribution in [-0.2, 0) is 20.9 Å². The van der Waals surface area contributed by atoms with Crippen LogP contribution < -0.4 is 14.8 Å². The quantitative estimate of drug-likeness (QED) is 0.337. The minimum Gasteiger partial charge on any atom is -0.497 e. The van der Waals surface area contributed by atoms with E-state index in [1.807, 2.05) is 64.9 Å². The smallest absolute Gasteiger partial charge is 0.338 e. The van der Waals surface area contributed by atoms with Crippen molar-refractivity contribution in [1.82, 2.24) is 15.2 Å². The number of aromatic nitrogens is 1. The maximum absolute atomic E-state index is 13.7. The number of ether oxygens (including phenoxy) is 3. The molecule has 1 amide bonds. The van der Waals surface area contributed by atoms with E-state index in [-0.39, 0.29) is 18.9 Å². The van der Waals surface area contributed by atoms with Gasteiger partial charge in [-0.25, -0.2) is 9.79 Å². The molecule has 3 aromatic rings. The second kappa shape index (κ2) is 12.7. The SMILES string of the molecule is CCOC(=O)C1=C(c2ccccc2)N=C2SC=C(CC(=O)NCc3cccnc3)N2[C@H]1c1ccc(OC)cc1OC. The number of amidine groups is 1. The molecule has 1 N–H and O–H groups in total. The Kier molecular flexibility index (Phi) is 8.69. The first-order valence-electron chi connectivity index (χ1n) is 13.1. The summed E-state index contributed by atoms with van der Waals surface area (Å²) in [5, 5.41) is 5.52. The zero-order chi connectivity index (χ0) is 28.8. The van der Waals surface area contributed by atoms with Gasteiger partial charge in [0.05, 0.1) is 44.6 Å². The molecule has 41 heavy (non-hydrogen) atoms. The van der Waals surface area contributed by atoms with Crippen LogP contribution in [-0.4, -0.2) is 47.8 Å². The lowest BCUT2D eigenvalue weighted by Crippen LogP contribution is -2.38. The summed E-state index contributed by atoms with van der Waals surface area (Å²) in [5.41, 5.74) is 3.96. The van der Waals surface area contributed by atoms with Crippen molar-refractivity contribution in [3.05, 3.63) is 106 Å². The van der Waals surface area contributed by atoms with Crippen molar-refractivity contribution < 1.29 is 23.8 Å². The zero-order valence-corrected chi connectivity index (χ0v) is 23.8. The second-order valence-electron chi connectivity index (χ2n) is 9.17. The molecule has 2 aliphatic rings. The van der Waals surface area contributed by atoms with Gasteiger partial charge in [-0.05, 0) is 36.1 Å². The molecule has 0 unspecified atom stereocenters. The number of pyridine rings is 1. The number of hydrogen-bond donors (Lipinski definition) is 1. The van der Waals surface area contributed by atoms with Crippen LogP contribution in [0, 0.1) is 0 Å². The minimum atomic E-state index is -0.676. The van der Waals surface area contributed by atoms with Gasteiger partial charge >= 0.3 is 5.97 Å². The highest BCUT2D eigenvalue weighted by molar-refractivity contribution is 8.16. The van der Waals surface area contributed by atoms with Crippen LogP contribution in [0.3, 0.4) is 0 Å². The van der Waals surface area contributed by atoms with Crippen molar-refractivity contribution in [2.45, 2.75) is 25.9 Å². The number of carbonyl (C=O) groups is 2. The molecule has 5 rings (SSSR count). The number of hydrogen-bond acceptors (Lipinski definition) is 9. The van der Waals surface area contributed by atoms with E-state index < -0.39 is 12.0 Å². The monoisotopic (exact) mass is 570 g/mol. The molecule has 9 nitrogen and oxygen atoms in total. The first-order valence-corrected chi connectivity index (χ1v) is 14.0. The van der Waals surface area contributed by atoms with E-state index in [0.717, 1.165) is 11.1 Å². The van der Waals surface area contributed by atoms with Gasteiger partial charge < -0.3 is 24.4 Å². The molecule has 2 aliphatic heterocycles. The topological polar surface area (TPSA) is 102 Å². The molecule has 0 saturated heterocycles. The van der Waals surface area contributed by atoms with Crippen LogP contribution in [0.5, 0.6) is 11.5 Å². The molecular weight excluding hydrogens is 540 g/mol. The summed E-state index contributed by atoms with van der Waals surface area (Å²) < 4.78 is 16.8. The normalized spacial score (nSPS) is 16.0. The third-order valence-electron chi connectivity index (χ3n) is 6.64. The Bertz CT molecular complexity index is 1520. The number of nitrogens with one attached hydrogen (secondary N) is 1. The van der Waals surface area contributed by atoms with Gasteiger partial charge in [0.2, 0.25) is 5.91 Å². The molecule has 0 bridgehead atoms. The van der Waals surface area contributed by atoms with Crippen molar-refractivity contribution in [1.29, 1.82) is 0 Å². The molecule has 0 spiro atoms. The fourth-order valence-corrected chi connectivity index (χ4v) is 5.68. The molecule has 2 aromatic carbocycles. The van der Waals surface area contributed by atoms with Crippen LogP contribution in [0.1, 0.15) is 36.1 Å². The van der Waals surface area contributed by atoms with Gasteiger partial charge in [-0.1, -0.05) is 48.2 Å². The lowest BCUT2D eigenvalue weighted by molar-refractivity contribution is -0.139. The number of amides is 1. The fraction of sp³-hybridized carbons (Fsp3) is 0.226. The summed E-state index contributed by atoms with van der Waals surface area (Å²) >= 11 is 1.41. The highest BCUT2D eigenvalue weighted by Crippen LogP contribution is 2.49. The maximum Gasteiger partial charge on any atom is 0.338 e. The Hall–Kier alpha value is -4.57. The van der Waals surface area contributed by atoms with E-state index >= 15 is 0 Å². The molecule has 210 valence electrons. The van der Waals surface area contributed by atoms with Crippen molar-refractivity contribution in [2.24, 2.45) is 4.99 Å². The van der Waals surface area contributed by atoms with E-state index in [0.29, 0.717) is 45.7 Å². The maximum atomic E-state index is 13.7. The van der Waals surface area contributed by atoms with Crippen LogP contribution in [0.25, 0.3) is 5.70 Å². The first kappa shape index (κ1) is 28.0. The van der Waals surface area contributed by atoms with Gasteiger partial charge in [0.25, 0.3) is 0 Å². The van der Waals surface area contributed by atoms with Crippen LogP contribution in [0.15, 0.2) is 94.7 Å². The molecule has 0 aliphatic carbocycles. The highest BCUT2D eigenvalue weighted by atomic mass is 32.2. The summed E-state index contributed by atoms with van der Waals surface area (Å²) in [6.45, 7) is 2.32. The molecule has 0 saturated carbocycles. The average Bonchev–Trinajstić information content (AvgIpc) is 3.41. The molecule has 0 fully saturated rings. The fourth-order valence-electron chi connectivity index (χ4n) is 4.76. The van der Waals surface area contributed by atoms with Gasteiger partial charge in [0, 0.05) is 41.8 Å². The standard InChI is InChI=1S/C31H30N4O5S/c1-4-40-30(37)27-28(21-10-6-5-7-11-21)34-31-35(29(27)24-13-12-23(38-2)16-25(24)39-3)22(19-41-31)15-26(36)33-18-20-9-8-14-32-17-20/h5-14,16-17,19,29H,4,15,18H2,1-3H3,(H,33,36)/t29-/m0/s1. The Morgan fingerprint density at radius 2 is 1.88 bits per heavy atom. The number of methoxy groups -OCH3 is 2. The summed E-state index contributed by atoms with van der Waals surface area (Å²) in [5.74, 6) is 0.482. The first-order chi connectivity index (χ1) is 20.0. The predicted molar refractivity (Wildman–Crippen MR) is 158 cm³/mol. The largest absolute Gasteiger partial charge is 0.497 e. The van der Waals surface area contributed by atoms with Crippen molar-refractivity contribution in [3.8, 4) is 11.5 Å². The summed E-state index contributed by atoms with van der Waals surface area (Å²) in [6, 6.07) is 18.1. The summed E-state index contributed by atoms with van der Waals surface area (Å²) in [7, 11) is 3.16. The van der Waals surface area contributed by atoms with Gasteiger partial charge in [0.15, 0.2) is 5.17 Å². The van der Waals surface area contributed by atoms with Crippen LogP contribution in [0.4, 0.5) is 0 Å². The Morgan fingerprint density at radius 1 is 1.05 bits per heavy atom. The molecule has 1 aromatic heterocycles. The minimum absolute atomic E-state index is 0.0814. The van der Waals surface area contributed by atoms with E-state index in [1.54, 1.807) is 39.6 Å². The van der Waals surface area contributed by atoms with E-state index in [9.17, 15) is 9.59 Å². The molecule has 1 atom stereocenters. The molecule has 0 radical (unpaired) electrons. The number of thioether (sulfide) groups is 1. The second-order valence-corrected chi connectivity index (χ2v) is 10.0. The Balaban J connectivity index is 1.58. The zero-order valence-electron chi connectivity index (χ0n) is 23.0. The van der Waals surface area contributed by atoms with E-state index in [2.05, 4.69) is 10.3 Å². The number of esters is 1. The lowest BCUT2D eigenvalue weighted by Gasteiger charge is -2.37. The number of rotatable bonds is 10. The third kappa shape index (κ3) is 5.97.